The number of hydrogen-bond donors (Lipinski definition) is 0. The average molecular weight is 401 g/mol. The van der Waals surface area contributed by atoms with Crippen LogP contribution in [-0.4, -0.2) is 27.3 Å². The van der Waals surface area contributed by atoms with Crippen molar-refractivity contribution in [1.82, 2.24) is 0 Å². The summed E-state index contributed by atoms with van der Waals surface area (Å²) in [4.78, 5) is 4.78. The summed E-state index contributed by atoms with van der Waals surface area (Å²) in [6, 6.07) is 19.8. The maximum atomic E-state index is 5.92. The minimum Gasteiger partial charge on any atom is -0.496 e. The van der Waals surface area contributed by atoms with E-state index in [1.165, 1.54) is 39.4 Å². The molecule has 4 nitrogen and oxygen atoms in total. The molecule has 0 aromatic heterocycles. The molecule has 5 rings (SSSR count). The normalized spacial score (nSPS) is 17.0. The van der Waals surface area contributed by atoms with Gasteiger partial charge in [-0.1, -0.05) is 25.1 Å². The number of fused-ring (bicyclic) bond motifs is 4. The Labute approximate surface area is 178 Å². The van der Waals surface area contributed by atoms with Crippen LogP contribution in [0.1, 0.15) is 42.9 Å². The van der Waals surface area contributed by atoms with E-state index in [4.69, 9.17) is 9.47 Å². The predicted octanol–water partition coefficient (Wildman–Crippen LogP) is 6.22. The fourth-order valence-corrected chi connectivity index (χ4v) is 5.19. The van der Waals surface area contributed by atoms with Crippen LogP contribution in [0, 0.1) is 0 Å². The predicted molar refractivity (Wildman–Crippen MR) is 123 cm³/mol. The molecule has 2 aliphatic rings. The summed E-state index contributed by atoms with van der Waals surface area (Å²) in [5.41, 5.74) is 8.67. The highest BCUT2D eigenvalue weighted by Crippen LogP contribution is 2.60. The molecule has 0 saturated carbocycles. The van der Waals surface area contributed by atoms with Crippen LogP contribution in [0.2, 0.25) is 0 Å². The highest BCUT2D eigenvalue weighted by molar-refractivity contribution is 5.91. The summed E-state index contributed by atoms with van der Waals surface area (Å²) in [5, 5.41) is 0. The lowest BCUT2D eigenvalue weighted by Crippen LogP contribution is -2.36. The third kappa shape index (κ3) is 2.40. The number of anilines is 4. The van der Waals surface area contributed by atoms with E-state index in [1.54, 1.807) is 14.2 Å². The van der Waals surface area contributed by atoms with Crippen LogP contribution in [0.3, 0.4) is 0 Å². The van der Waals surface area contributed by atoms with Crippen molar-refractivity contribution < 1.29 is 9.47 Å². The lowest BCUT2D eigenvalue weighted by Gasteiger charge is -2.46. The Balaban J connectivity index is 1.92. The first-order valence-corrected chi connectivity index (χ1v) is 10.6. The number of methoxy groups -OCH3 is 2. The molecule has 4 heteroatoms. The summed E-state index contributed by atoms with van der Waals surface area (Å²) < 4.78 is 11.8. The lowest BCUT2D eigenvalue weighted by molar-refractivity contribution is 0.401. The van der Waals surface area contributed by atoms with Crippen LogP contribution in [-0.2, 0) is 0 Å². The molecule has 30 heavy (non-hydrogen) atoms. The van der Waals surface area contributed by atoms with Gasteiger partial charge in [-0.05, 0) is 49.7 Å². The SMILES string of the molecule is CCC(C)N1c2cccc(OC)c2C2c3c(OC)cccc3N(C)c3cccc1c32. The minimum atomic E-state index is 0.0602. The van der Waals surface area contributed by atoms with Gasteiger partial charge in [0.2, 0.25) is 0 Å². The molecule has 0 N–H and O–H groups in total. The first-order chi connectivity index (χ1) is 14.6. The van der Waals surface area contributed by atoms with E-state index < -0.39 is 0 Å². The van der Waals surface area contributed by atoms with E-state index in [0.29, 0.717) is 6.04 Å². The van der Waals surface area contributed by atoms with E-state index in [2.05, 4.69) is 85.3 Å². The molecule has 0 amide bonds. The fourth-order valence-electron chi connectivity index (χ4n) is 5.19. The second kappa shape index (κ2) is 6.98. The summed E-state index contributed by atoms with van der Waals surface area (Å²) in [7, 11) is 5.67. The van der Waals surface area contributed by atoms with E-state index in [1.807, 2.05) is 0 Å². The highest BCUT2D eigenvalue weighted by Gasteiger charge is 2.42. The lowest BCUT2D eigenvalue weighted by atomic mass is 9.75. The Morgan fingerprint density at radius 3 is 1.80 bits per heavy atom. The molecule has 3 aromatic carbocycles. The van der Waals surface area contributed by atoms with Gasteiger partial charge in [0.05, 0.1) is 14.2 Å². The van der Waals surface area contributed by atoms with E-state index in [9.17, 15) is 0 Å². The van der Waals surface area contributed by atoms with Crippen molar-refractivity contribution in [2.75, 3.05) is 31.1 Å². The molecule has 0 radical (unpaired) electrons. The monoisotopic (exact) mass is 400 g/mol. The van der Waals surface area contributed by atoms with Crippen LogP contribution in [0.5, 0.6) is 11.5 Å². The van der Waals surface area contributed by atoms with Crippen LogP contribution in [0.4, 0.5) is 22.7 Å². The Morgan fingerprint density at radius 1 is 0.767 bits per heavy atom. The molecule has 0 bridgehead atoms. The average Bonchev–Trinajstić information content (AvgIpc) is 2.79. The number of ether oxygens (including phenoxy) is 2. The quantitative estimate of drug-likeness (QED) is 0.519. The summed E-state index contributed by atoms with van der Waals surface area (Å²) in [6.45, 7) is 4.54. The number of nitrogens with zero attached hydrogens (tertiary/aromatic N) is 2. The van der Waals surface area contributed by atoms with Gasteiger partial charge in [-0.15, -0.1) is 0 Å². The molecule has 2 unspecified atom stereocenters. The van der Waals surface area contributed by atoms with Crippen LogP contribution in [0.15, 0.2) is 54.6 Å². The second-order valence-corrected chi connectivity index (χ2v) is 8.12. The van der Waals surface area contributed by atoms with Gasteiger partial charge in [0.25, 0.3) is 0 Å². The summed E-state index contributed by atoms with van der Waals surface area (Å²) in [6.07, 6.45) is 1.06. The largest absolute Gasteiger partial charge is 0.496 e. The molecule has 0 spiro atoms. The molecule has 2 heterocycles. The molecule has 2 aliphatic heterocycles. The fraction of sp³-hybridized carbons (Fsp3) is 0.308. The van der Waals surface area contributed by atoms with Gasteiger partial charge in [0.15, 0.2) is 0 Å². The molecule has 2 atom stereocenters. The zero-order chi connectivity index (χ0) is 21.0. The minimum absolute atomic E-state index is 0.0602. The number of hydrogen-bond acceptors (Lipinski definition) is 4. The topological polar surface area (TPSA) is 24.9 Å². The molecule has 0 aliphatic carbocycles. The van der Waals surface area contributed by atoms with Gasteiger partial charge in [-0.2, -0.15) is 0 Å². The molecule has 0 fully saturated rings. The standard InChI is InChI=1S/C26H28N2O2/c1-6-16(2)28-19-12-7-10-17-23(19)26(25-20(28)13-9-15-22(25)30-5)24-18(27(17)3)11-8-14-21(24)29-4/h7-16,26H,6H2,1-5H3. The van der Waals surface area contributed by atoms with Gasteiger partial charge in [-0.3, -0.25) is 0 Å². The van der Waals surface area contributed by atoms with E-state index >= 15 is 0 Å². The second-order valence-electron chi connectivity index (χ2n) is 8.12. The molecule has 0 saturated heterocycles. The van der Waals surface area contributed by atoms with Crippen LogP contribution >= 0.6 is 0 Å². The Hall–Kier alpha value is -3.14. The number of benzene rings is 3. The van der Waals surface area contributed by atoms with Gasteiger partial charge in [-0.25, -0.2) is 0 Å². The third-order valence-electron chi connectivity index (χ3n) is 6.73. The third-order valence-corrected chi connectivity index (χ3v) is 6.73. The number of rotatable bonds is 4. The smallest absolute Gasteiger partial charge is 0.125 e. The molecule has 154 valence electrons. The van der Waals surface area contributed by atoms with Gasteiger partial charge >= 0.3 is 0 Å². The van der Waals surface area contributed by atoms with Crippen molar-refractivity contribution in [2.45, 2.75) is 32.2 Å². The highest BCUT2D eigenvalue weighted by atomic mass is 16.5. The van der Waals surface area contributed by atoms with Crippen LogP contribution in [0.25, 0.3) is 0 Å². The maximum absolute atomic E-state index is 5.92. The Bertz CT molecular complexity index is 1110. The summed E-state index contributed by atoms with van der Waals surface area (Å²) >= 11 is 0. The van der Waals surface area contributed by atoms with Crippen molar-refractivity contribution >= 4 is 22.7 Å². The molecular weight excluding hydrogens is 372 g/mol. The van der Waals surface area contributed by atoms with Gasteiger partial charge < -0.3 is 19.3 Å². The van der Waals surface area contributed by atoms with E-state index in [-0.39, 0.29) is 5.92 Å². The maximum Gasteiger partial charge on any atom is 0.125 e. The first-order valence-electron chi connectivity index (χ1n) is 10.6. The Kier molecular flexibility index (Phi) is 4.39. The van der Waals surface area contributed by atoms with Gasteiger partial charge in [0.1, 0.15) is 11.5 Å². The molecule has 3 aromatic rings. The van der Waals surface area contributed by atoms with Crippen molar-refractivity contribution in [3.63, 3.8) is 0 Å². The van der Waals surface area contributed by atoms with Crippen molar-refractivity contribution in [2.24, 2.45) is 0 Å². The van der Waals surface area contributed by atoms with Crippen LogP contribution < -0.4 is 19.3 Å². The zero-order valence-electron chi connectivity index (χ0n) is 18.3. The van der Waals surface area contributed by atoms with Crippen molar-refractivity contribution in [3.8, 4) is 11.5 Å². The molecular formula is C26H28N2O2. The van der Waals surface area contributed by atoms with Crippen molar-refractivity contribution in [3.05, 3.63) is 71.3 Å². The zero-order valence-corrected chi connectivity index (χ0v) is 18.3. The van der Waals surface area contributed by atoms with E-state index in [0.717, 1.165) is 17.9 Å². The van der Waals surface area contributed by atoms with Crippen molar-refractivity contribution in [1.29, 1.82) is 0 Å². The Morgan fingerprint density at radius 2 is 1.23 bits per heavy atom. The summed E-state index contributed by atoms with van der Waals surface area (Å²) in [5.74, 6) is 1.90. The van der Waals surface area contributed by atoms with Gasteiger partial charge in [0, 0.05) is 58.4 Å². The first kappa shape index (κ1) is 18.9.